The van der Waals surface area contributed by atoms with Crippen molar-refractivity contribution in [1.29, 1.82) is 0 Å². The highest BCUT2D eigenvalue weighted by Crippen LogP contribution is 2.16. The lowest BCUT2D eigenvalue weighted by atomic mass is 10.2. The van der Waals surface area contributed by atoms with Crippen molar-refractivity contribution in [3.63, 3.8) is 0 Å². The van der Waals surface area contributed by atoms with Crippen LogP contribution in [0.2, 0.25) is 0 Å². The van der Waals surface area contributed by atoms with Gasteiger partial charge in [-0.25, -0.2) is 17.8 Å². The number of aryl methyl sites for hydroxylation is 3. The van der Waals surface area contributed by atoms with Crippen molar-refractivity contribution in [2.24, 2.45) is 7.05 Å². The van der Waals surface area contributed by atoms with Gasteiger partial charge < -0.3 is 0 Å². The van der Waals surface area contributed by atoms with E-state index in [2.05, 4.69) is 20.2 Å². The Balaban J connectivity index is 2.21. The van der Waals surface area contributed by atoms with Crippen molar-refractivity contribution in [3.8, 4) is 0 Å². The zero-order chi connectivity index (χ0) is 14.0. The van der Waals surface area contributed by atoms with E-state index in [4.69, 9.17) is 0 Å². The predicted molar refractivity (Wildman–Crippen MR) is 68.7 cm³/mol. The van der Waals surface area contributed by atoms with Crippen LogP contribution < -0.4 is 4.72 Å². The summed E-state index contributed by atoms with van der Waals surface area (Å²) in [5.41, 5.74) is 1.73. The van der Waals surface area contributed by atoms with E-state index in [0.29, 0.717) is 11.4 Å². The summed E-state index contributed by atoms with van der Waals surface area (Å²) < 4.78 is 28.3. The predicted octanol–water partition coefficient (Wildman–Crippen LogP) is 0.305. The van der Waals surface area contributed by atoms with Crippen molar-refractivity contribution in [2.45, 2.75) is 25.3 Å². The number of aromatic nitrogens is 4. The van der Waals surface area contributed by atoms with Crippen LogP contribution in [0.25, 0.3) is 0 Å². The smallest absolute Gasteiger partial charge is 0.231 e. The number of benzene rings is 1. The largest absolute Gasteiger partial charge is 0.241 e. The summed E-state index contributed by atoms with van der Waals surface area (Å²) in [6.45, 7) is 3.74. The summed E-state index contributed by atoms with van der Waals surface area (Å²) in [7, 11) is -1.91. The molecule has 7 nitrogen and oxygen atoms in total. The van der Waals surface area contributed by atoms with E-state index < -0.39 is 10.0 Å². The van der Waals surface area contributed by atoms with Crippen LogP contribution in [0.15, 0.2) is 23.1 Å². The first kappa shape index (κ1) is 13.6. The van der Waals surface area contributed by atoms with E-state index in [1.807, 2.05) is 13.0 Å². The highest BCUT2D eigenvalue weighted by molar-refractivity contribution is 7.89. The number of nitrogens with zero attached hydrogens (tertiary/aromatic N) is 4. The van der Waals surface area contributed by atoms with Gasteiger partial charge in [0.15, 0.2) is 5.82 Å². The van der Waals surface area contributed by atoms with Gasteiger partial charge in [-0.15, -0.1) is 5.10 Å². The van der Waals surface area contributed by atoms with Crippen molar-refractivity contribution in [3.05, 3.63) is 35.2 Å². The lowest BCUT2D eigenvalue weighted by Gasteiger charge is -2.09. The van der Waals surface area contributed by atoms with Crippen LogP contribution in [0.4, 0.5) is 0 Å². The zero-order valence-electron chi connectivity index (χ0n) is 11.0. The number of sulfonamides is 1. The minimum atomic E-state index is -3.56. The minimum Gasteiger partial charge on any atom is -0.231 e. The lowest BCUT2D eigenvalue weighted by Crippen LogP contribution is -2.25. The number of hydrogen-bond acceptors (Lipinski definition) is 5. The first-order chi connectivity index (χ1) is 8.90. The van der Waals surface area contributed by atoms with Gasteiger partial charge in [0.1, 0.15) is 0 Å². The fraction of sp³-hybridized carbons (Fsp3) is 0.364. The highest BCUT2D eigenvalue weighted by Gasteiger charge is 2.17. The van der Waals surface area contributed by atoms with E-state index in [0.717, 1.165) is 5.56 Å². The Morgan fingerprint density at radius 2 is 2.05 bits per heavy atom. The first-order valence-corrected chi connectivity index (χ1v) is 7.16. The molecule has 8 heteroatoms. The molecule has 0 aliphatic carbocycles. The molecule has 0 saturated heterocycles. The second-order valence-corrected chi connectivity index (χ2v) is 6.05. The van der Waals surface area contributed by atoms with Gasteiger partial charge in [-0.3, -0.25) is 0 Å². The van der Waals surface area contributed by atoms with E-state index in [1.165, 1.54) is 4.68 Å². The highest BCUT2D eigenvalue weighted by atomic mass is 32.2. The van der Waals surface area contributed by atoms with Gasteiger partial charge in [0.25, 0.3) is 0 Å². The van der Waals surface area contributed by atoms with Crippen molar-refractivity contribution in [2.75, 3.05) is 0 Å². The van der Waals surface area contributed by atoms with E-state index in [1.54, 1.807) is 26.1 Å². The molecule has 0 saturated carbocycles. The van der Waals surface area contributed by atoms with Crippen LogP contribution >= 0.6 is 0 Å². The molecule has 0 aliphatic rings. The Morgan fingerprint density at radius 3 is 2.63 bits per heavy atom. The third-order valence-corrected chi connectivity index (χ3v) is 4.31. The minimum absolute atomic E-state index is 0.0547. The van der Waals surface area contributed by atoms with Crippen molar-refractivity contribution in [1.82, 2.24) is 24.9 Å². The molecule has 0 bridgehead atoms. The molecule has 0 fully saturated rings. The van der Waals surface area contributed by atoms with Gasteiger partial charge in [0, 0.05) is 7.05 Å². The average Bonchev–Trinajstić information content (AvgIpc) is 2.72. The molecule has 0 aliphatic heterocycles. The maximum atomic E-state index is 12.2. The summed E-state index contributed by atoms with van der Waals surface area (Å²) >= 11 is 0. The van der Waals surface area contributed by atoms with E-state index >= 15 is 0 Å². The number of rotatable bonds is 4. The summed E-state index contributed by atoms with van der Waals surface area (Å²) in [5, 5.41) is 10.8. The maximum Gasteiger partial charge on any atom is 0.241 e. The molecule has 0 atom stereocenters. The molecule has 0 amide bonds. The van der Waals surface area contributed by atoms with Crippen molar-refractivity contribution >= 4 is 10.0 Å². The van der Waals surface area contributed by atoms with Gasteiger partial charge in [0.2, 0.25) is 10.0 Å². The Kier molecular flexibility index (Phi) is 3.63. The summed E-state index contributed by atoms with van der Waals surface area (Å²) in [6, 6.07) is 5.20. The van der Waals surface area contributed by atoms with Gasteiger partial charge in [0.05, 0.1) is 11.4 Å². The second-order valence-electron chi connectivity index (χ2n) is 4.31. The average molecular weight is 281 g/mol. The topological polar surface area (TPSA) is 89.8 Å². The molecule has 1 heterocycles. The Hall–Kier alpha value is -1.80. The van der Waals surface area contributed by atoms with Gasteiger partial charge >= 0.3 is 0 Å². The number of hydrogen-bond donors (Lipinski definition) is 1. The Bertz CT molecular complexity index is 693. The molecule has 102 valence electrons. The quantitative estimate of drug-likeness (QED) is 0.871. The summed E-state index contributed by atoms with van der Waals surface area (Å²) in [5.74, 6) is 0.452. The third kappa shape index (κ3) is 2.96. The fourth-order valence-corrected chi connectivity index (χ4v) is 2.94. The Labute approximate surface area is 111 Å². The van der Waals surface area contributed by atoms with Gasteiger partial charge in [-0.1, -0.05) is 17.7 Å². The van der Waals surface area contributed by atoms with E-state index in [9.17, 15) is 8.42 Å². The summed E-state index contributed by atoms with van der Waals surface area (Å²) in [6.07, 6.45) is 0. The Morgan fingerprint density at radius 1 is 1.32 bits per heavy atom. The molecule has 2 rings (SSSR count). The first-order valence-electron chi connectivity index (χ1n) is 5.68. The van der Waals surface area contributed by atoms with Crippen LogP contribution in [0.3, 0.4) is 0 Å². The molecule has 1 N–H and O–H groups in total. The lowest BCUT2D eigenvalue weighted by molar-refractivity contribution is 0.574. The zero-order valence-corrected chi connectivity index (χ0v) is 11.8. The second kappa shape index (κ2) is 5.06. The molecule has 0 spiro atoms. The number of nitrogens with one attached hydrogen (secondary N) is 1. The molecule has 2 aromatic rings. The van der Waals surface area contributed by atoms with Crippen LogP contribution in [0.1, 0.15) is 17.0 Å². The molecular formula is C11H15N5O2S. The van der Waals surface area contributed by atoms with Crippen LogP contribution in [0.5, 0.6) is 0 Å². The third-order valence-electron chi connectivity index (χ3n) is 2.75. The van der Waals surface area contributed by atoms with Crippen molar-refractivity contribution < 1.29 is 8.42 Å². The fourth-order valence-electron chi connectivity index (χ4n) is 1.74. The van der Waals surface area contributed by atoms with Crippen LogP contribution in [-0.2, 0) is 23.6 Å². The molecule has 0 unspecified atom stereocenters. The standard InChI is InChI=1S/C11H15N5O2S/c1-8-4-5-10(9(2)6-8)19(17,18)12-7-11-13-14-15-16(11)3/h4-6,12H,7H2,1-3H3. The molecule has 0 radical (unpaired) electrons. The van der Waals surface area contributed by atoms with Crippen LogP contribution in [-0.4, -0.2) is 28.6 Å². The van der Waals surface area contributed by atoms with Gasteiger partial charge in [-0.2, -0.15) is 0 Å². The molecule has 1 aromatic heterocycles. The number of tetrazole rings is 1. The molecule has 19 heavy (non-hydrogen) atoms. The molecular weight excluding hydrogens is 266 g/mol. The normalized spacial score (nSPS) is 11.7. The maximum absolute atomic E-state index is 12.2. The summed E-state index contributed by atoms with van der Waals surface area (Å²) in [4.78, 5) is 0.272. The van der Waals surface area contributed by atoms with Crippen LogP contribution in [0, 0.1) is 13.8 Å². The molecule has 1 aromatic carbocycles. The SMILES string of the molecule is Cc1ccc(S(=O)(=O)NCc2nnnn2C)c(C)c1. The van der Waals surface area contributed by atoms with E-state index in [-0.39, 0.29) is 11.4 Å². The monoisotopic (exact) mass is 281 g/mol. The van der Waals surface area contributed by atoms with Gasteiger partial charge in [-0.05, 0) is 35.9 Å².